The molecule has 86 valence electrons. The van der Waals surface area contributed by atoms with Crippen molar-refractivity contribution < 1.29 is 0 Å². The molecule has 0 unspecified atom stereocenters. The Morgan fingerprint density at radius 2 is 2.31 bits per heavy atom. The number of aromatic nitrogens is 2. The van der Waals surface area contributed by atoms with Gasteiger partial charge < -0.3 is 10.2 Å². The fourth-order valence-electron chi connectivity index (χ4n) is 1.74. The van der Waals surface area contributed by atoms with E-state index in [0.29, 0.717) is 6.04 Å². The SMILES string of the molecule is C=CCN(c1ccc(CNC)nn1)C1CC1. The molecule has 0 radical (unpaired) electrons. The minimum atomic E-state index is 0.641. The molecule has 0 aliphatic heterocycles. The van der Waals surface area contributed by atoms with Gasteiger partial charge in [0.1, 0.15) is 0 Å². The van der Waals surface area contributed by atoms with Crippen LogP contribution < -0.4 is 10.2 Å². The van der Waals surface area contributed by atoms with Crippen LogP contribution in [-0.4, -0.2) is 29.8 Å². The average Bonchev–Trinajstić information content (AvgIpc) is 3.12. The molecule has 0 saturated heterocycles. The Morgan fingerprint density at radius 1 is 1.50 bits per heavy atom. The topological polar surface area (TPSA) is 41.0 Å². The maximum absolute atomic E-state index is 4.27. The van der Waals surface area contributed by atoms with Gasteiger partial charge in [0.2, 0.25) is 0 Å². The zero-order valence-corrected chi connectivity index (χ0v) is 9.69. The van der Waals surface area contributed by atoms with Gasteiger partial charge in [0, 0.05) is 19.1 Å². The maximum atomic E-state index is 4.27. The minimum Gasteiger partial charge on any atom is -0.348 e. The number of nitrogens with zero attached hydrogens (tertiary/aromatic N) is 3. The predicted molar refractivity (Wildman–Crippen MR) is 65.4 cm³/mol. The summed E-state index contributed by atoms with van der Waals surface area (Å²) in [5.41, 5.74) is 0.973. The fourth-order valence-corrected chi connectivity index (χ4v) is 1.74. The third-order valence-corrected chi connectivity index (χ3v) is 2.67. The summed E-state index contributed by atoms with van der Waals surface area (Å²) >= 11 is 0. The Balaban J connectivity index is 2.08. The Bertz CT molecular complexity index is 343. The molecular formula is C12H18N4. The molecule has 0 amide bonds. The molecule has 0 bridgehead atoms. The van der Waals surface area contributed by atoms with Crippen LogP contribution >= 0.6 is 0 Å². The van der Waals surface area contributed by atoms with Crippen molar-refractivity contribution in [3.63, 3.8) is 0 Å². The molecule has 1 heterocycles. The summed E-state index contributed by atoms with van der Waals surface area (Å²) in [6.45, 7) is 5.40. The van der Waals surface area contributed by atoms with Crippen LogP contribution in [0.3, 0.4) is 0 Å². The summed E-state index contributed by atoms with van der Waals surface area (Å²) in [4.78, 5) is 2.27. The van der Waals surface area contributed by atoms with Crippen molar-refractivity contribution in [3.8, 4) is 0 Å². The summed E-state index contributed by atoms with van der Waals surface area (Å²) in [7, 11) is 1.91. The van der Waals surface area contributed by atoms with Crippen LogP contribution in [0, 0.1) is 0 Å². The van der Waals surface area contributed by atoms with Gasteiger partial charge >= 0.3 is 0 Å². The average molecular weight is 218 g/mol. The minimum absolute atomic E-state index is 0.641. The highest BCUT2D eigenvalue weighted by atomic mass is 15.3. The smallest absolute Gasteiger partial charge is 0.151 e. The van der Waals surface area contributed by atoms with Crippen LogP contribution in [0.5, 0.6) is 0 Å². The molecule has 16 heavy (non-hydrogen) atoms. The summed E-state index contributed by atoms with van der Waals surface area (Å²) < 4.78 is 0. The Kier molecular flexibility index (Phi) is 3.51. The normalized spacial score (nSPS) is 14.8. The Morgan fingerprint density at radius 3 is 2.81 bits per heavy atom. The van der Waals surface area contributed by atoms with E-state index in [0.717, 1.165) is 24.6 Å². The third-order valence-electron chi connectivity index (χ3n) is 2.67. The number of anilines is 1. The molecule has 0 atom stereocenters. The van der Waals surface area contributed by atoms with Gasteiger partial charge in [-0.1, -0.05) is 6.08 Å². The van der Waals surface area contributed by atoms with Crippen molar-refractivity contribution in [1.29, 1.82) is 0 Å². The van der Waals surface area contributed by atoms with Crippen LogP contribution in [0.1, 0.15) is 18.5 Å². The second-order valence-corrected chi connectivity index (χ2v) is 4.09. The first kappa shape index (κ1) is 11.1. The molecule has 4 heteroatoms. The highest BCUT2D eigenvalue weighted by molar-refractivity contribution is 5.41. The molecule has 1 fully saturated rings. The summed E-state index contributed by atoms with van der Waals surface area (Å²) in [5, 5.41) is 11.5. The van der Waals surface area contributed by atoms with E-state index in [9.17, 15) is 0 Å². The van der Waals surface area contributed by atoms with Gasteiger partial charge in [0.05, 0.1) is 5.69 Å². The molecule has 1 N–H and O–H groups in total. The van der Waals surface area contributed by atoms with E-state index in [-0.39, 0.29) is 0 Å². The van der Waals surface area contributed by atoms with Gasteiger partial charge in [-0.3, -0.25) is 0 Å². The predicted octanol–water partition coefficient (Wildman–Crippen LogP) is 1.35. The van der Waals surface area contributed by atoms with Gasteiger partial charge in [0.25, 0.3) is 0 Å². The van der Waals surface area contributed by atoms with Crippen molar-refractivity contribution in [2.75, 3.05) is 18.5 Å². The highest BCUT2D eigenvalue weighted by Crippen LogP contribution is 2.29. The zero-order valence-electron chi connectivity index (χ0n) is 9.69. The monoisotopic (exact) mass is 218 g/mol. The van der Waals surface area contributed by atoms with Crippen molar-refractivity contribution >= 4 is 5.82 Å². The molecule has 1 saturated carbocycles. The van der Waals surface area contributed by atoms with Crippen molar-refractivity contribution in [1.82, 2.24) is 15.5 Å². The van der Waals surface area contributed by atoms with E-state index < -0.39 is 0 Å². The summed E-state index contributed by atoms with van der Waals surface area (Å²) in [6, 6.07) is 4.71. The van der Waals surface area contributed by atoms with Gasteiger partial charge in [-0.15, -0.1) is 11.7 Å². The van der Waals surface area contributed by atoms with E-state index in [1.807, 2.05) is 25.3 Å². The molecule has 2 rings (SSSR count). The fraction of sp³-hybridized carbons (Fsp3) is 0.500. The van der Waals surface area contributed by atoms with E-state index in [4.69, 9.17) is 0 Å². The van der Waals surface area contributed by atoms with Gasteiger partial charge in [-0.2, -0.15) is 5.10 Å². The molecule has 1 aromatic heterocycles. The number of hydrogen-bond donors (Lipinski definition) is 1. The van der Waals surface area contributed by atoms with Crippen LogP contribution in [0.2, 0.25) is 0 Å². The Hall–Kier alpha value is -1.42. The first-order valence-corrected chi connectivity index (χ1v) is 5.70. The second kappa shape index (κ2) is 5.07. The van der Waals surface area contributed by atoms with E-state index in [2.05, 4.69) is 27.0 Å². The molecular weight excluding hydrogens is 200 g/mol. The first-order valence-electron chi connectivity index (χ1n) is 5.70. The lowest BCUT2D eigenvalue weighted by atomic mass is 10.3. The zero-order chi connectivity index (χ0) is 11.4. The quantitative estimate of drug-likeness (QED) is 0.732. The Labute approximate surface area is 96.4 Å². The molecule has 1 aromatic rings. The molecule has 1 aliphatic rings. The van der Waals surface area contributed by atoms with Crippen LogP contribution in [0.15, 0.2) is 24.8 Å². The highest BCUT2D eigenvalue weighted by Gasteiger charge is 2.29. The second-order valence-electron chi connectivity index (χ2n) is 4.09. The lowest BCUT2D eigenvalue weighted by Gasteiger charge is -2.20. The molecule has 0 spiro atoms. The number of nitrogens with one attached hydrogen (secondary N) is 1. The van der Waals surface area contributed by atoms with Crippen molar-refractivity contribution in [2.24, 2.45) is 0 Å². The maximum Gasteiger partial charge on any atom is 0.151 e. The van der Waals surface area contributed by atoms with E-state index >= 15 is 0 Å². The number of rotatable bonds is 6. The third kappa shape index (κ3) is 2.58. The van der Waals surface area contributed by atoms with Gasteiger partial charge in [0.15, 0.2) is 5.82 Å². The summed E-state index contributed by atoms with van der Waals surface area (Å²) in [5.74, 6) is 0.960. The molecule has 4 nitrogen and oxygen atoms in total. The standard InChI is InChI=1S/C12H18N4/c1-3-8-16(11-5-6-11)12-7-4-10(9-13-2)14-15-12/h3-4,7,11,13H,1,5-6,8-9H2,2H3. The van der Waals surface area contributed by atoms with E-state index in [1.54, 1.807) is 0 Å². The largest absolute Gasteiger partial charge is 0.348 e. The lowest BCUT2D eigenvalue weighted by molar-refractivity contribution is 0.752. The van der Waals surface area contributed by atoms with Gasteiger partial charge in [-0.05, 0) is 32.0 Å². The van der Waals surface area contributed by atoms with Gasteiger partial charge in [-0.25, -0.2) is 0 Å². The van der Waals surface area contributed by atoms with Crippen molar-refractivity contribution in [2.45, 2.75) is 25.4 Å². The summed E-state index contributed by atoms with van der Waals surface area (Å²) in [6.07, 6.45) is 4.43. The van der Waals surface area contributed by atoms with E-state index in [1.165, 1.54) is 12.8 Å². The molecule has 1 aliphatic carbocycles. The lowest BCUT2D eigenvalue weighted by Crippen LogP contribution is -2.27. The van der Waals surface area contributed by atoms with Crippen molar-refractivity contribution in [3.05, 3.63) is 30.5 Å². The van der Waals surface area contributed by atoms with Crippen LogP contribution in [-0.2, 0) is 6.54 Å². The van der Waals surface area contributed by atoms with Crippen LogP contribution in [0.4, 0.5) is 5.82 Å². The first-order chi connectivity index (χ1) is 7.85. The molecule has 0 aromatic carbocycles. The van der Waals surface area contributed by atoms with Crippen LogP contribution in [0.25, 0.3) is 0 Å². The number of hydrogen-bond acceptors (Lipinski definition) is 4.